The largest absolute Gasteiger partial charge is 0.391 e. The first kappa shape index (κ1) is 87.5. The van der Waals surface area contributed by atoms with Crippen LogP contribution in [0.3, 0.4) is 0 Å². The van der Waals surface area contributed by atoms with E-state index in [9.17, 15) is 37.9 Å². The molecule has 0 radical (unpaired) electrons. The monoisotopic (exact) mass is 1470 g/mol. The Balaban J connectivity index is 1.70. The lowest BCUT2D eigenvalue weighted by Gasteiger charge is -2.38. The molecule has 5 N–H and O–H groups in total. The van der Waals surface area contributed by atoms with Crippen LogP contribution in [0.5, 0.6) is 0 Å². The number of likely N-dealkylation sites (tertiary alicyclic amines) is 2. The van der Waals surface area contributed by atoms with E-state index in [1.54, 1.807) is 84.3 Å². The van der Waals surface area contributed by atoms with E-state index in [1.807, 2.05) is 48.5 Å². The number of carbonyl (C=O) groups excluding carboxylic acids is 12. The van der Waals surface area contributed by atoms with Crippen molar-refractivity contribution in [2.75, 3.05) is 94.6 Å². The number of likely N-dealkylation sites (N-methyl/N-ethyl adjacent to an activating group) is 6. The van der Waals surface area contributed by atoms with Crippen LogP contribution in [0.1, 0.15) is 157 Å². The van der Waals surface area contributed by atoms with Gasteiger partial charge in [-0.3, -0.25) is 57.5 Å². The van der Waals surface area contributed by atoms with Gasteiger partial charge >= 0.3 is 0 Å². The van der Waals surface area contributed by atoms with Crippen LogP contribution in [0.2, 0.25) is 0 Å². The summed E-state index contributed by atoms with van der Waals surface area (Å²) in [4.78, 5) is 192. The normalized spacial score (nSPS) is 25.3. The van der Waals surface area contributed by atoms with Crippen molar-refractivity contribution in [3.63, 3.8) is 0 Å². The van der Waals surface area contributed by atoms with Crippen molar-refractivity contribution in [2.24, 2.45) is 23.7 Å². The highest BCUT2D eigenvalue weighted by molar-refractivity contribution is 6.00. The van der Waals surface area contributed by atoms with Gasteiger partial charge in [0.25, 0.3) is 5.92 Å². The van der Waals surface area contributed by atoms with Crippen molar-refractivity contribution < 1.29 is 71.4 Å². The lowest BCUT2D eigenvalue weighted by Crippen LogP contribution is -2.62. The molecule has 0 bridgehead atoms. The molecular formula is C77H121F2N13O13. The molecule has 3 fully saturated rings. The molecule has 0 aliphatic carbocycles. The number of halogens is 2. The maximum Gasteiger partial charge on any atom is 0.250 e. The van der Waals surface area contributed by atoms with Gasteiger partial charge in [-0.15, -0.1) is 0 Å². The van der Waals surface area contributed by atoms with E-state index < -0.39 is 176 Å². The molecule has 105 heavy (non-hydrogen) atoms. The second-order valence-electron chi connectivity index (χ2n) is 30.7. The fourth-order valence-electron chi connectivity index (χ4n) is 13.9. The molecule has 2 aromatic rings. The Labute approximate surface area is 620 Å². The van der Waals surface area contributed by atoms with Gasteiger partial charge < -0.3 is 70.5 Å². The number of aliphatic hydroxyl groups excluding tert-OH is 1. The number of amides is 12. The summed E-state index contributed by atoms with van der Waals surface area (Å²) < 4.78 is 29.2. The molecule has 3 heterocycles. The van der Waals surface area contributed by atoms with Gasteiger partial charge in [0, 0.05) is 107 Å². The molecule has 2 aromatic carbocycles. The Kier molecular flexibility index (Phi) is 34.3. The minimum Gasteiger partial charge on any atom is -0.391 e. The number of piperidine rings is 2. The molecule has 3 aliphatic heterocycles. The lowest BCUT2D eigenvalue weighted by atomic mass is 9.97. The Bertz CT molecular complexity index is 3240. The average Bonchev–Trinajstić information content (AvgIpc) is 0.825. The highest BCUT2D eigenvalue weighted by Crippen LogP contribution is 2.29. The van der Waals surface area contributed by atoms with Crippen LogP contribution in [0.25, 0.3) is 0 Å². The lowest BCUT2D eigenvalue weighted by molar-refractivity contribution is -0.151. The predicted octanol–water partition coefficient (Wildman–Crippen LogP) is 4.35. The number of unbranched alkanes of at least 4 members (excludes halogenated alkanes) is 1. The number of aliphatic hydroxyl groups is 1. The zero-order chi connectivity index (χ0) is 78.3. The number of hydrogen-bond donors (Lipinski definition) is 5. The smallest absolute Gasteiger partial charge is 0.250 e. The van der Waals surface area contributed by atoms with Crippen molar-refractivity contribution in [3.8, 4) is 0 Å². The SMILES string of the molecule is CCCCN1CC(=O)N(C)[C@@H](Cc2ccccc2)C(=O)N[C@@H](CC(C)C)C(=O)N(C)[C@@H](CC(C)C)C(=O)N[C@@H]([C@@H](C)O)C(=O)N(C)CC(=O)N(C)[C@@H](Cc2ccccc2)C(=O)N(C)[C@@H](CCN2CCC(F)(F)CC2)C(=O)N[C@@H](CC(C)C)C(=O)N(C)[C@@H](C(C)C)C(=O)N[C@H](C(=O)N2CCCCC2)CC1=O. The molecule has 586 valence electrons. The van der Waals surface area contributed by atoms with Crippen molar-refractivity contribution in [2.45, 2.75) is 226 Å². The van der Waals surface area contributed by atoms with E-state index in [0.29, 0.717) is 49.9 Å². The molecule has 28 heteroatoms. The Morgan fingerprint density at radius 2 is 0.990 bits per heavy atom. The van der Waals surface area contributed by atoms with Crippen LogP contribution < -0.4 is 21.3 Å². The topological polar surface area (TPSA) is 302 Å². The Morgan fingerprint density at radius 1 is 0.514 bits per heavy atom. The summed E-state index contributed by atoms with van der Waals surface area (Å²) in [5.74, 6) is -13.3. The van der Waals surface area contributed by atoms with Crippen molar-refractivity contribution in [1.29, 1.82) is 0 Å². The second kappa shape index (κ2) is 41.1. The van der Waals surface area contributed by atoms with E-state index in [1.165, 1.54) is 68.8 Å². The summed E-state index contributed by atoms with van der Waals surface area (Å²) in [6.07, 6.45) is -0.0886. The van der Waals surface area contributed by atoms with E-state index in [-0.39, 0.29) is 82.5 Å². The highest BCUT2D eigenvalue weighted by atomic mass is 19.3. The summed E-state index contributed by atoms with van der Waals surface area (Å²) in [6.45, 7) is 17.0. The predicted molar refractivity (Wildman–Crippen MR) is 395 cm³/mol. The third kappa shape index (κ3) is 25.8. The molecule has 0 aromatic heterocycles. The molecule has 3 aliphatic rings. The minimum absolute atomic E-state index is 0.0182. The van der Waals surface area contributed by atoms with Crippen LogP contribution in [0.4, 0.5) is 8.78 Å². The quantitative estimate of drug-likeness (QED) is 0.131. The van der Waals surface area contributed by atoms with Crippen LogP contribution in [-0.4, -0.2) is 281 Å². The number of alkyl halides is 2. The van der Waals surface area contributed by atoms with Gasteiger partial charge in [0.15, 0.2) is 0 Å². The second-order valence-corrected chi connectivity index (χ2v) is 30.7. The fraction of sp³-hybridized carbons (Fsp3) is 0.688. The Hall–Kier alpha value is -8.14. The van der Waals surface area contributed by atoms with E-state index in [0.717, 1.165) is 21.1 Å². The summed E-state index contributed by atoms with van der Waals surface area (Å²) in [7, 11) is 8.19. The zero-order valence-corrected chi connectivity index (χ0v) is 65.0. The van der Waals surface area contributed by atoms with Crippen molar-refractivity contribution in [1.82, 2.24) is 65.4 Å². The van der Waals surface area contributed by atoms with Gasteiger partial charge in [0.05, 0.1) is 25.6 Å². The van der Waals surface area contributed by atoms with E-state index in [2.05, 4.69) is 21.3 Å². The first-order valence-electron chi connectivity index (χ1n) is 37.6. The molecular weight excluding hydrogens is 1350 g/mol. The zero-order valence-electron chi connectivity index (χ0n) is 65.0. The van der Waals surface area contributed by atoms with E-state index >= 15 is 33.6 Å². The standard InChI is InChI=1S/C77H121F2N13O13/c1-17-18-35-92-48-65(96)85(12)61(44-54-28-22-19-23-29-54)69(98)81-56(41-49(2)3)72(101)88(15)60(43-51(6)7)70(99)83-66(53(10)93)76(105)84(11)47-64(95)86(13)62(45-55-30-24-20-25-31-55)75(104)87(14)59(32-38-90-39-33-77(78,79)34-40-90)68(97)80-57(42-50(4)5)73(102)89(16)67(52(8)9)71(100)82-58(46-63(92)94)74(103)91-36-26-21-27-37-91/h19-20,22-25,28-31,49-53,56-62,66-67,93H,17-18,21,26-27,32-48H2,1-16H3,(H,80,97)(H,81,98)(H,82,100)(H,83,99)/t53-,56+,57+,58+,59+,60+,61+,62+,66+,67+/m1/s1. The molecule has 0 unspecified atom stereocenters. The van der Waals surface area contributed by atoms with Gasteiger partial charge in [-0.1, -0.05) is 129 Å². The van der Waals surface area contributed by atoms with Gasteiger partial charge in [0.2, 0.25) is 70.9 Å². The van der Waals surface area contributed by atoms with Gasteiger partial charge in [-0.25, -0.2) is 8.78 Å². The molecule has 26 nitrogen and oxygen atoms in total. The number of benzene rings is 2. The first-order chi connectivity index (χ1) is 49.4. The third-order valence-corrected chi connectivity index (χ3v) is 20.3. The fourth-order valence-corrected chi connectivity index (χ4v) is 13.9. The highest BCUT2D eigenvalue weighted by Gasteiger charge is 2.44. The van der Waals surface area contributed by atoms with Gasteiger partial charge in [0.1, 0.15) is 54.4 Å². The maximum absolute atomic E-state index is 15.5. The summed E-state index contributed by atoms with van der Waals surface area (Å²) in [5.41, 5.74) is 1.25. The number of hydrogen-bond acceptors (Lipinski definition) is 14. The molecule has 0 saturated carbocycles. The number of rotatable bonds is 19. The number of nitrogens with zero attached hydrogens (tertiary/aromatic N) is 9. The number of carbonyl (C=O) groups is 12. The average molecular weight is 1470 g/mol. The van der Waals surface area contributed by atoms with Crippen LogP contribution in [0, 0.1) is 23.7 Å². The van der Waals surface area contributed by atoms with E-state index in [4.69, 9.17) is 0 Å². The summed E-state index contributed by atoms with van der Waals surface area (Å²) in [6, 6.07) is 4.98. The summed E-state index contributed by atoms with van der Waals surface area (Å²) in [5, 5.41) is 22.6. The van der Waals surface area contributed by atoms with Crippen molar-refractivity contribution in [3.05, 3.63) is 71.8 Å². The molecule has 0 spiro atoms. The number of nitrogens with one attached hydrogen (secondary N) is 4. The third-order valence-electron chi connectivity index (χ3n) is 20.3. The first-order valence-corrected chi connectivity index (χ1v) is 37.6. The minimum atomic E-state index is -2.91. The van der Waals surface area contributed by atoms with Gasteiger partial charge in [-0.05, 0) is 93.1 Å². The van der Waals surface area contributed by atoms with Crippen molar-refractivity contribution >= 4 is 70.9 Å². The molecule has 10 atom stereocenters. The molecule has 5 rings (SSSR count). The Morgan fingerprint density at radius 3 is 1.50 bits per heavy atom. The van der Waals surface area contributed by atoms with Crippen LogP contribution >= 0.6 is 0 Å². The molecule has 3 saturated heterocycles. The van der Waals surface area contributed by atoms with Crippen LogP contribution in [-0.2, 0) is 70.4 Å². The summed E-state index contributed by atoms with van der Waals surface area (Å²) >= 11 is 0. The van der Waals surface area contributed by atoms with Crippen LogP contribution in [0.15, 0.2) is 60.7 Å². The maximum atomic E-state index is 15.5. The molecule has 12 amide bonds. The van der Waals surface area contributed by atoms with Gasteiger partial charge in [-0.2, -0.15) is 0 Å².